The van der Waals surface area contributed by atoms with Crippen molar-refractivity contribution in [2.45, 2.75) is 155 Å². The first-order valence-corrected chi connectivity index (χ1v) is 42.4. The third-order valence-corrected chi connectivity index (χ3v) is 20.0. The summed E-state index contributed by atoms with van der Waals surface area (Å²) in [7, 11) is -2.00. The van der Waals surface area contributed by atoms with Gasteiger partial charge in [0.2, 0.25) is 17.4 Å². The van der Waals surface area contributed by atoms with E-state index in [9.17, 15) is 5.11 Å². The van der Waals surface area contributed by atoms with Gasteiger partial charge >= 0.3 is 0 Å². The highest BCUT2D eigenvalue weighted by molar-refractivity contribution is 9.10. The zero-order valence-corrected chi connectivity index (χ0v) is 56.4. The fourth-order valence-electron chi connectivity index (χ4n) is 9.48. The summed E-state index contributed by atoms with van der Waals surface area (Å²) >= 11 is 6.87. The third-order valence-electron chi connectivity index (χ3n) is 13.1. The highest BCUT2D eigenvalue weighted by Crippen LogP contribution is 2.48. The minimum atomic E-state index is -2.32. The number of aliphatic hydroxyl groups is 1. The fraction of sp³-hybridized carbons (Fsp3) is 0.475. The zero-order chi connectivity index (χ0) is 57.1. The monoisotopic (exact) mass is 1240 g/mol. The van der Waals surface area contributed by atoms with Crippen molar-refractivity contribution in [3.05, 3.63) is 162 Å². The number of hydrogen-bond donors (Lipinski definition) is 1. The van der Waals surface area contributed by atoms with E-state index in [1.54, 1.807) is 51.1 Å². The number of rotatable bonds is 20. The lowest BCUT2D eigenvalue weighted by Gasteiger charge is -2.54. The summed E-state index contributed by atoms with van der Waals surface area (Å²) < 4.78 is 60.0. The van der Waals surface area contributed by atoms with Crippen molar-refractivity contribution in [1.29, 1.82) is 0 Å². The molecule has 1 aliphatic rings. The average molecular weight is 1240 g/mol. The zero-order valence-electron chi connectivity index (χ0n) is 49.2. The molecule has 1 N–H and O–H groups in total. The first-order valence-electron chi connectivity index (χ1n) is 26.3. The molecule has 1 fully saturated rings. The van der Waals surface area contributed by atoms with Crippen LogP contribution in [0.5, 0.6) is 0 Å². The quantitative estimate of drug-likeness (QED) is 0.0587. The number of thiophene rings is 2. The van der Waals surface area contributed by atoms with E-state index in [0.717, 1.165) is 46.9 Å². The molecule has 3 heterocycles. The largest absolute Gasteiger partial charge is 0.415 e. The Bertz CT molecular complexity index is 2880. The minimum Gasteiger partial charge on any atom is -0.415 e. The van der Waals surface area contributed by atoms with Crippen molar-refractivity contribution in [3.8, 4) is 20.9 Å². The van der Waals surface area contributed by atoms with Gasteiger partial charge in [-0.2, -0.15) is 0 Å². The molecule has 0 amide bonds. The Morgan fingerprint density at radius 2 is 0.936 bits per heavy atom. The molecule has 0 bridgehead atoms. The van der Waals surface area contributed by atoms with Gasteiger partial charge in [-0.3, -0.25) is 0 Å². The lowest BCUT2D eigenvalue weighted by molar-refractivity contribution is -0.348. The SMILES string of the molecule is C.COC(OC)(c1ccc(-c2ccc(C)cc2)s1)c1cc(Br)ccc1C.COC(OC)(c1ccc(-c2ccc(C)cc2)s1)c1cc([C@]2(O)O[C@@H](CO[Si](C)(C)C)C(O[Si](C)(C)C)[C@@H](O[Si](C)(C)C)[C@@H]2O[Si](C)(C)C)ccc1C. The molecule has 428 valence electrons. The van der Waals surface area contributed by atoms with Crippen molar-refractivity contribution in [2.24, 2.45) is 0 Å². The Morgan fingerprint density at radius 1 is 0.526 bits per heavy atom. The molecular weight excluding hydrogens is 1150 g/mol. The van der Waals surface area contributed by atoms with E-state index < -0.39 is 75.0 Å². The summed E-state index contributed by atoms with van der Waals surface area (Å²) in [6.45, 7) is 34.4. The molecule has 0 spiro atoms. The van der Waals surface area contributed by atoms with Gasteiger partial charge in [-0.25, -0.2) is 0 Å². The van der Waals surface area contributed by atoms with Gasteiger partial charge < -0.3 is 46.5 Å². The molecule has 17 heteroatoms. The van der Waals surface area contributed by atoms with Crippen LogP contribution in [0.1, 0.15) is 56.1 Å². The van der Waals surface area contributed by atoms with Crippen LogP contribution >= 0.6 is 38.6 Å². The van der Waals surface area contributed by atoms with E-state index in [0.29, 0.717) is 5.56 Å². The van der Waals surface area contributed by atoms with E-state index in [2.05, 4.69) is 200 Å². The van der Waals surface area contributed by atoms with E-state index in [4.69, 9.17) is 41.4 Å². The molecule has 5 atom stereocenters. The molecule has 1 unspecified atom stereocenters. The summed E-state index contributed by atoms with van der Waals surface area (Å²) in [5.74, 6) is -4.09. The normalized spacial score (nSPS) is 19.5. The molecular formula is C61H89BrO10S2Si4. The van der Waals surface area contributed by atoms with E-state index in [1.807, 2.05) is 31.2 Å². The number of benzene rings is 4. The van der Waals surface area contributed by atoms with Crippen LogP contribution in [0.4, 0.5) is 0 Å². The maximum Gasteiger partial charge on any atom is 0.231 e. The van der Waals surface area contributed by atoms with Crippen LogP contribution in [-0.4, -0.2) is 97.8 Å². The second-order valence-corrected chi connectivity index (χ2v) is 44.9. The molecule has 0 aliphatic carbocycles. The van der Waals surface area contributed by atoms with Crippen LogP contribution in [0.15, 0.2) is 114 Å². The van der Waals surface area contributed by atoms with Gasteiger partial charge in [0.1, 0.15) is 24.4 Å². The summed E-state index contributed by atoms with van der Waals surface area (Å²) in [6.07, 6.45) is -2.64. The second-order valence-electron chi connectivity index (χ2n) is 23.9. The predicted octanol–water partition coefficient (Wildman–Crippen LogP) is 16.5. The Morgan fingerprint density at radius 3 is 1.35 bits per heavy atom. The van der Waals surface area contributed by atoms with Gasteiger partial charge in [-0.1, -0.05) is 101 Å². The molecule has 4 aromatic carbocycles. The summed E-state index contributed by atoms with van der Waals surface area (Å²) in [5.41, 5.74) is 9.14. The Balaban J connectivity index is 0.000000359. The van der Waals surface area contributed by atoms with Gasteiger partial charge in [0.05, 0.1) is 16.4 Å². The van der Waals surface area contributed by atoms with Crippen molar-refractivity contribution in [2.75, 3.05) is 35.0 Å². The van der Waals surface area contributed by atoms with Crippen LogP contribution in [0.3, 0.4) is 0 Å². The van der Waals surface area contributed by atoms with Gasteiger partial charge in [0, 0.05) is 59.4 Å². The van der Waals surface area contributed by atoms with E-state index in [-0.39, 0.29) is 14.0 Å². The molecule has 78 heavy (non-hydrogen) atoms. The molecule has 0 saturated carbocycles. The topological polar surface area (TPSA) is 103 Å². The lowest BCUT2D eigenvalue weighted by atomic mass is 9.85. The Kier molecular flexibility index (Phi) is 22.2. The van der Waals surface area contributed by atoms with Crippen LogP contribution < -0.4 is 0 Å². The Hall–Kier alpha value is -2.77. The number of ether oxygens (including phenoxy) is 5. The van der Waals surface area contributed by atoms with Gasteiger partial charge in [-0.05, 0) is 171 Å². The highest BCUT2D eigenvalue weighted by Gasteiger charge is 2.59. The molecule has 7 rings (SSSR count). The number of halogens is 1. The van der Waals surface area contributed by atoms with Crippen molar-refractivity contribution in [3.63, 3.8) is 0 Å². The fourth-order valence-corrected chi connectivity index (χ4v) is 16.1. The molecule has 0 radical (unpaired) electrons. The molecule has 2 aromatic heterocycles. The average Bonchev–Trinajstić information content (AvgIpc) is 4.05. The summed E-state index contributed by atoms with van der Waals surface area (Å²) in [4.78, 5) is 4.20. The first-order chi connectivity index (χ1) is 35.8. The minimum absolute atomic E-state index is 0. The number of methoxy groups -OCH3 is 4. The van der Waals surface area contributed by atoms with Crippen molar-refractivity contribution >= 4 is 71.9 Å². The molecule has 1 aliphatic heterocycles. The summed E-state index contributed by atoms with van der Waals surface area (Å²) in [5, 5.41) is 13.3. The molecule has 10 nitrogen and oxygen atoms in total. The second kappa shape index (κ2) is 26.2. The highest BCUT2D eigenvalue weighted by atomic mass is 79.9. The van der Waals surface area contributed by atoms with Crippen LogP contribution in [0, 0.1) is 27.7 Å². The smallest absolute Gasteiger partial charge is 0.231 e. The van der Waals surface area contributed by atoms with Gasteiger partial charge in [0.15, 0.2) is 33.3 Å². The summed E-state index contributed by atoms with van der Waals surface area (Å²) in [6, 6.07) is 37.5. The predicted molar refractivity (Wildman–Crippen MR) is 338 cm³/mol. The van der Waals surface area contributed by atoms with Gasteiger partial charge in [-0.15, -0.1) is 22.7 Å². The van der Waals surface area contributed by atoms with Crippen LogP contribution in [0.25, 0.3) is 20.9 Å². The van der Waals surface area contributed by atoms with Crippen LogP contribution in [-0.2, 0) is 58.7 Å². The number of aryl methyl sites for hydroxylation is 4. The third kappa shape index (κ3) is 15.9. The van der Waals surface area contributed by atoms with E-state index in [1.165, 1.54) is 21.6 Å². The van der Waals surface area contributed by atoms with E-state index >= 15 is 0 Å². The maximum atomic E-state index is 13.3. The van der Waals surface area contributed by atoms with Gasteiger partial charge in [0.25, 0.3) is 0 Å². The van der Waals surface area contributed by atoms with Crippen molar-refractivity contribution in [1.82, 2.24) is 0 Å². The van der Waals surface area contributed by atoms with Crippen molar-refractivity contribution < 1.29 is 46.5 Å². The maximum absolute atomic E-state index is 13.3. The molecule has 1 saturated heterocycles. The standard InChI is InChI=1S/C39H64O8SSi4.C21H21BrO2S.CH4/c1-27-17-20-29(21-18-27)33-23-24-34(48-33)39(41-3,42-4)31-25-30(22-19-28(31)2)38(40)37(47-52(14,15)16)36(46-51(11,12)13)35(45-50(8,9)10)32(44-38)26-43-49(5,6)7;1-14-5-8-16(9-6-14)19-11-12-20(25-19)21(23-3,24-4)18-13-17(22)10-7-15(18)2;/h17-25,32,35-37,40H,26H2,1-16H3;5-13H,1-4H3;1H4/t32-,35?,36+,37-,38-;;/m0../s1. The first kappa shape index (κ1) is 66.0. The molecule has 6 aromatic rings. The number of hydrogen-bond acceptors (Lipinski definition) is 12. The Labute approximate surface area is 488 Å². The lowest BCUT2D eigenvalue weighted by Crippen LogP contribution is -2.69. The van der Waals surface area contributed by atoms with Crippen LogP contribution in [0.2, 0.25) is 78.6 Å².